The van der Waals surface area contributed by atoms with E-state index >= 15 is 0 Å². The number of hydrogen-bond acceptors (Lipinski definition) is 5. The van der Waals surface area contributed by atoms with Crippen molar-refractivity contribution in [1.82, 2.24) is 10.1 Å². The number of aryl methyl sites for hydroxylation is 1. The van der Waals surface area contributed by atoms with Gasteiger partial charge < -0.3 is 15.6 Å². The highest BCUT2D eigenvalue weighted by atomic mass is 79.9. The molecule has 0 bridgehead atoms. The van der Waals surface area contributed by atoms with Crippen molar-refractivity contribution in [3.63, 3.8) is 0 Å². The molecule has 0 spiro atoms. The third-order valence-electron chi connectivity index (χ3n) is 2.25. The van der Waals surface area contributed by atoms with Gasteiger partial charge in [-0.2, -0.15) is 4.98 Å². The number of nitrogens with two attached hydrogens (primary N) is 1. The predicted molar refractivity (Wildman–Crippen MR) is 69.8 cm³/mol. The number of aromatic nitrogens is 2. The van der Waals surface area contributed by atoms with E-state index in [0.717, 1.165) is 15.8 Å². The number of nitrogens with zero attached hydrogens (tertiary/aromatic N) is 2. The molecule has 0 atom stereocenters. The third kappa shape index (κ3) is 3.20. The molecule has 0 fully saturated rings. The van der Waals surface area contributed by atoms with Crippen LogP contribution in [0.15, 0.2) is 27.2 Å². The first-order chi connectivity index (χ1) is 8.15. The molecule has 0 saturated heterocycles. The molecule has 0 amide bonds. The Morgan fingerprint density at radius 1 is 1.47 bits per heavy atom. The Hall–Kier alpha value is -1.56. The lowest BCUT2D eigenvalue weighted by atomic mass is 10.2. The van der Waals surface area contributed by atoms with Crippen LogP contribution in [0.5, 0.6) is 0 Å². The van der Waals surface area contributed by atoms with Crippen LogP contribution in [0.3, 0.4) is 0 Å². The van der Waals surface area contributed by atoms with E-state index in [4.69, 9.17) is 10.3 Å². The minimum absolute atomic E-state index is 0.585. The van der Waals surface area contributed by atoms with Crippen molar-refractivity contribution >= 4 is 27.3 Å². The van der Waals surface area contributed by atoms with Crippen LogP contribution in [0.25, 0.3) is 0 Å². The van der Waals surface area contributed by atoms with Gasteiger partial charge in [0.25, 0.3) is 0 Å². The first kappa shape index (κ1) is 11.9. The zero-order valence-corrected chi connectivity index (χ0v) is 11.0. The minimum atomic E-state index is 0.585. The summed E-state index contributed by atoms with van der Waals surface area (Å²) in [5, 5.41) is 7.06. The maximum Gasteiger partial charge on any atom is 0.223 e. The molecule has 1 aromatic carbocycles. The summed E-state index contributed by atoms with van der Waals surface area (Å²) >= 11 is 3.40. The van der Waals surface area contributed by atoms with Gasteiger partial charge in [0, 0.05) is 24.4 Å². The van der Waals surface area contributed by atoms with Crippen molar-refractivity contribution in [2.75, 3.05) is 17.6 Å². The average molecular weight is 297 g/mol. The van der Waals surface area contributed by atoms with Gasteiger partial charge in [0.15, 0.2) is 5.82 Å². The number of halogens is 1. The number of benzene rings is 1. The molecule has 0 aliphatic carbocycles. The van der Waals surface area contributed by atoms with Gasteiger partial charge in [-0.15, -0.1) is 0 Å². The van der Waals surface area contributed by atoms with Gasteiger partial charge in [-0.1, -0.05) is 21.1 Å². The van der Waals surface area contributed by atoms with E-state index in [1.54, 1.807) is 6.92 Å². The molecule has 5 nitrogen and oxygen atoms in total. The standard InChI is InChI=1S/C11H13BrN4O/c1-7-15-11(16-17-7)4-5-14-10-6-8(12)2-3-9(10)13/h2-3,6,14H,4-5,13H2,1H3. The Bertz CT molecular complexity index is 512. The molecule has 17 heavy (non-hydrogen) atoms. The molecule has 90 valence electrons. The van der Waals surface area contributed by atoms with E-state index in [1.807, 2.05) is 18.2 Å². The quantitative estimate of drug-likeness (QED) is 0.847. The van der Waals surface area contributed by atoms with E-state index in [1.165, 1.54) is 0 Å². The molecular formula is C11H13BrN4O. The third-order valence-corrected chi connectivity index (χ3v) is 2.74. The van der Waals surface area contributed by atoms with Crippen LogP contribution in [-0.4, -0.2) is 16.7 Å². The summed E-state index contributed by atoms with van der Waals surface area (Å²) in [5.74, 6) is 1.28. The van der Waals surface area contributed by atoms with Crippen molar-refractivity contribution < 1.29 is 4.52 Å². The van der Waals surface area contributed by atoms with Crippen LogP contribution in [0, 0.1) is 6.92 Å². The Morgan fingerprint density at radius 3 is 3.00 bits per heavy atom. The second-order valence-corrected chi connectivity index (χ2v) is 4.55. The maximum absolute atomic E-state index is 5.84. The summed E-state index contributed by atoms with van der Waals surface area (Å²) in [6.45, 7) is 2.48. The lowest BCUT2D eigenvalue weighted by Crippen LogP contribution is -2.07. The number of nitrogen functional groups attached to an aromatic ring is 1. The van der Waals surface area contributed by atoms with Gasteiger partial charge in [0.1, 0.15) is 0 Å². The highest BCUT2D eigenvalue weighted by Crippen LogP contribution is 2.22. The summed E-state index contributed by atoms with van der Waals surface area (Å²) in [6, 6.07) is 5.70. The Labute approximate surface area is 108 Å². The van der Waals surface area contributed by atoms with Crippen LogP contribution < -0.4 is 11.1 Å². The first-order valence-corrected chi connectivity index (χ1v) is 6.02. The molecule has 2 aromatic rings. The molecule has 6 heteroatoms. The fourth-order valence-corrected chi connectivity index (χ4v) is 1.79. The Morgan fingerprint density at radius 2 is 2.29 bits per heavy atom. The highest BCUT2D eigenvalue weighted by Gasteiger charge is 2.03. The van der Waals surface area contributed by atoms with Crippen LogP contribution >= 0.6 is 15.9 Å². The zero-order chi connectivity index (χ0) is 12.3. The Balaban J connectivity index is 1.91. The summed E-state index contributed by atoms with van der Waals surface area (Å²) in [7, 11) is 0. The van der Waals surface area contributed by atoms with Gasteiger partial charge in [0.05, 0.1) is 11.4 Å². The van der Waals surface area contributed by atoms with Crippen LogP contribution in [0.2, 0.25) is 0 Å². The van der Waals surface area contributed by atoms with E-state index < -0.39 is 0 Å². The number of anilines is 2. The van der Waals surface area contributed by atoms with E-state index in [-0.39, 0.29) is 0 Å². The summed E-state index contributed by atoms with van der Waals surface area (Å²) in [4.78, 5) is 4.12. The average Bonchev–Trinajstić information content (AvgIpc) is 2.69. The topological polar surface area (TPSA) is 77.0 Å². The molecular weight excluding hydrogens is 284 g/mol. The SMILES string of the molecule is Cc1nc(CCNc2cc(Br)ccc2N)no1. The van der Waals surface area contributed by atoms with Gasteiger partial charge in [-0.3, -0.25) is 0 Å². The van der Waals surface area contributed by atoms with Crippen LogP contribution in [0.4, 0.5) is 11.4 Å². The lowest BCUT2D eigenvalue weighted by molar-refractivity contribution is 0.387. The van der Waals surface area contributed by atoms with E-state index in [0.29, 0.717) is 24.7 Å². The van der Waals surface area contributed by atoms with Crippen LogP contribution in [0.1, 0.15) is 11.7 Å². The molecule has 0 saturated carbocycles. The van der Waals surface area contributed by atoms with Crippen molar-refractivity contribution in [2.45, 2.75) is 13.3 Å². The van der Waals surface area contributed by atoms with Crippen molar-refractivity contribution in [3.05, 3.63) is 34.4 Å². The van der Waals surface area contributed by atoms with Crippen LogP contribution in [-0.2, 0) is 6.42 Å². The normalized spacial score (nSPS) is 10.5. The highest BCUT2D eigenvalue weighted by molar-refractivity contribution is 9.10. The zero-order valence-electron chi connectivity index (χ0n) is 9.40. The van der Waals surface area contributed by atoms with Gasteiger partial charge in [-0.25, -0.2) is 0 Å². The molecule has 2 rings (SSSR count). The monoisotopic (exact) mass is 296 g/mol. The van der Waals surface area contributed by atoms with Gasteiger partial charge >= 0.3 is 0 Å². The largest absolute Gasteiger partial charge is 0.397 e. The van der Waals surface area contributed by atoms with Crippen molar-refractivity contribution in [1.29, 1.82) is 0 Å². The molecule has 0 aliphatic heterocycles. The second kappa shape index (κ2) is 5.18. The smallest absolute Gasteiger partial charge is 0.223 e. The maximum atomic E-state index is 5.84. The number of hydrogen-bond donors (Lipinski definition) is 2. The van der Waals surface area contributed by atoms with E-state index in [2.05, 4.69) is 31.4 Å². The summed E-state index contributed by atoms with van der Waals surface area (Å²) in [6.07, 6.45) is 0.698. The molecule has 1 heterocycles. The predicted octanol–water partition coefficient (Wildman–Crippen LogP) is 2.38. The van der Waals surface area contributed by atoms with E-state index in [9.17, 15) is 0 Å². The summed E-state index contributed by atoms with van der Waals surface area (Å²) < 4.78 is 5.88. The number of rotatable bonds is 4. The lowest BCUT2D eigenvalue weighted by Gasteiger charge is -2.08. The van der Waals surface area contributed by atoms with Crippen molar-refractivity contribution in [2.24, 2.45) is 0 Å². The molecule has 3 N–H and O–H groups in total. The second-order valence-electron chi connectivity index (χ2n) is 3.64. The molecule has 0 unspecified atom stereocenters. The summed E-state index contributed by atoms with van der Waals surface area (Å²) in [5.41, 5.74) is 7.46. The fraction of sp³-hybridized carbons (Fsp3) is 0.273. The molecule has 1 aromatic heterocycles. The molecule has 0 radical (unpaired) electrons. The first-order valence-electron chi connectivity index (χ1n) is 5.23. The van der Waals surface area contributed by atoms with Crippen molar-refractivity contribution in [3.8, 4) is 0 Å². The molecule has 0 aliphatic rings. The fourth-order valence-electron chi connectivity index (χ4n) is 1.43. The minimum Gasteiger partial charge on any atom is -0.397 e. The van der Waals surface area contributed by atoms with Gasteiger partial charge in [0.2, 0.25) is 5.89 Å². The number of nitrogens with one attached hydrogen (secondary N) is 1. The van der Waals surface area contributed by atoms with Gasteiger partial charge in [-0.05, 0) is 18.2 Å². The Kier molecular flexibility index (Phi) is 3.63.